The van der Waals surface area contributed by atoms with Gasteiger partial charge in [-0.1, -0.05) is 12.1 Å². The Hall–Kier alpha value is -2.28. The Labute approximate surface area is 122 Å². The number of nitrogens with one attached hydrogen (secondary N) is 1. The highest BCUT2D eigenvalue weighted by Gasteiger charge is 2.23. The Kier molecular flexibility index (Phi) is 4.99. The minimum Gasteiger partial charge on any atom is -0.486 e. The lowest BCUT2D eigenvalue weighted by Crippen LogP contribution is -2.47. The molecule has 7 nitrogen and oxygen atoms in total. The molecule has 7 heteroatoms. The van der Waals surface area contributed by atoms with Gasteiger partial charge in [0.15, 0.2) is 11.5 Å². The van der Waals surface area contributed by atoms with Gasteiger partial charge in [0.25, 0.3) is 0 Å². The Morgan fingerprint density at radius 1 is 1.38 bits per heavy atom. The second-order valence-corrected chi connectivity index (χ2v) is 4.66. The molecule has 0 saturated carbocycles. The summed E-state index contributed by atoms with van der Waals surface area (Å²) in [7, 11) is 1.45. The van der Waals surface area contributed by atoms with Crippen LogP contribution in [0.3, 0.4) is 0 Å². The van der Waals surface area contributed by atoms with E-state index in [1.165, 1.54) is 7.05 Å². The lowest BCUT2D eigenvalue weighted by atomic mass is 10.2. The zero-order valence-electron chi connectivity index (χ0n) is 11.7. The zero-order chi connectivity index (χ0) is 15.2. The van der Waals surface area contributed by atoms with Gasteiger partial charge in [-0.3, -0.25) is 9.59 Å². The van der Waals surface area contributed by atoms with E-state index >= 15 is 0 Å². The van der Waals surface area contributed by atoms with E-state index in [0.29, 0.717) is 18.1 Å². The van der Waals surface area contributed by atoms with Crippen LogP contribution in [0.1, 0.15) is 0 Å². The molecule has 1 aliphatic heterocycles. The first-order chi connectivity index (χ1) is 10.1. The Morgan fingerprint density at radius 2 is 2.10 bits per heavy atom. The van der Waals surface area contributed by atoms with Gasteiger partial charge in [-0.25, -0.2) is 0 Å². The smallest absolute Gasteiger partial charge is 0.311 e. The minimum atomic E-state index is -0.728. The van der Waals surface area contributed by atoms with E-state index in [2.05, 4.69) is 5.32 Å². The van der Waals surface area contributed by atoms with Gasteiger partial charge in [-0.15, -0.1) is 0 Å². The topological polar surface area (TPSA) is 88.1 Å². The van der Waals surface area contributed by atoms with Gasteiger partial charge in [-0.2, -0.15) is 0 Å². The molecule has 0 aromatic heterocycles. The molecule has 21 heavy (non-hydrogen) atoms. The monoisotopic (exact) mass is 294 g/mol. The van der Waals surface area contributed by atoms with Crippen LogP contribution in [-0.4, -0.2) is 61.3 Å². The summed E-state index contributed by atoms with van der Waals surface area (Å²) in [5, 5.41) is 11.2. The lowest BCUT2D eigenvalue weighted by Gasteiger charge is -2.26. The average Bonchev–Trinajstić information content (AvgIpc) is 2.51. The van der Waals surface area contributed by atoms with Crippen molar-refractivity contribution in [3.8, 4) is 11.5 Å². The number of para-hydroxylation sites is 2. The molecule has 0 radical (unpaired) electrons. The Balaban J connectivity index is 1.82. The molecule has 0 saturated heterocycles. The van der Waals surface area contributed by atoms with Crippen LogP contribution in [0.25, 0.3) is 0 Å². The van der Waals surface area contributed by atoms with Crippen LogP contribution < -0.4 is 14.8 Å². The van der Waals surface area contributed by atoms with Crippen molar-refractivity contribution < 1.29 is 24.2 Å². The minimum absolute atomic E-state index is 0.114. The number of ether oxygens (including phenoxy) is 2. The number of nitrogens with zero attached hydrogens (tertiary/aromatic N) is 1. The van der Waals surface area contributed by atoms with Gasteiger partial charge in [-0.05, 0) is 12.1 Å². The van der Waals surface area contributed by atoms with Crippen LogP contribution in [0, 0.1) is 0 Å². The zero-order valence-corrected chi connectivity index (χ0v) is 11.7. The average molecular weight is 294 g/mol. The largest absolute Gasteiger partial charge is 0.486 e. The summed E-state index contributed by atoms with van der Waals surface area (Å²) in [4.78, 5) is 24.5. The number of likely N-dealkylation sites (N-methyl/N-ethyl adjacent to an activating group) is 1. The Bertz CT molecular complexity index is 520. The van der Waals surface area contributed by atoms with Crippen molar-refractivity contribution in [2.45, 2.75) is 6.10 Å². The first-order valence-electron chi connectivity index (χ1n) is 6.64. The molecule has 0 fully saturated rings. The molecule has 1 aromatic carbocycles. The van der Waals surface area contributed by atoms with E-state index in [4.69, 9.17) is 14.6 Å². The molecular formula is C14H18N2O5. The van der Waals surface area contributed by atoms with Crippen LogP contribution in [0.2, 0.25) is 0 Å². The highest BCUT2D eigenvalue weighted by atomic mass is 16.6. The van der Waals surface area contributed by atoms with Crippen LogP contribution >= 0.6 is 0 Å². The normalized spacial score (nSPS) is 16.2. The molecule has 1 atom stereocenters. The van der Waals surface area contributed by atoms with Crippen LogP contribution in [0.4, 0.5) is 0 Å². The van der Waals surface area contributed by atoms with Gasteiger partial charge in [0.1, 0.15) is 12.7 Å². The van der Waals surface area contributed by atoms with Crippen molar-refractivity contribution in [3.63, 3.8) is 0 Å². The molecule has 1 aliphatic rings. The van der Waals surface area contributed by atoms with Crippen molar-refractivity contribution in [2.75, 3.05) is 33.4 Å². The molecule has 2 N–H and O–H groups in total. The lowest BCUT2D eigenvalue weighted by molar-refractivity contribution is -0.145. The molecule has 1 unspecified atom stereocenters. The number of hydrogen-bond acceptors (Lipinski definition) is 5. The summed E-state index contributed by atoms with van der Waals surface area (Å²) in [5.74, 6) is -0.139. The predicted molar refractivity (Wildman–Crippen MR) is 74.1 cm³/mol. The fraction of sp³-hybridized carbons (Fsp3) is 0.429. The summed E-state index contributed by atoms with van der Waals surface area (Å²) < 4.78 is 11.2. The maximum atomic E-state index is 11.7. The standard InChI is InChI=1S/C14H18N2O5/c1-16(6-7-17)14(19)13(18)15-8-10-9-20-11-4-2-3-5-12(11)21-10/h2-5,10,17H,6-9H2,1H3,(H,15,18). The number of carbonyl (C=O) groups excluding carboxylic acids is 2. The maximum Gasteiger partial charge on any atom is 0.311 e. The van der Waals surface area contributed by atoms with Crippen LogP contribution in [0.15, 0.2) is 24.3 Å². The van der Waals surface area contributed by atoms with Gasteiger partial charge >= 0.3 is 11.8 Å². The van der Waals surface area contributed by atoms with E-state index < -0.39 is 11.8 Å². The highest BCUT2D eigenvalue weighted by molar-refractivity contribution is 6.34. The third-order valence-electron chi connectivity index (χ3n) is 3.03. The van der Waals surface area contributed by atoms with Crippen molar-refractivity contribution in [2.24, 2.45) is 0 Å². The summed E-state index contributed by atoms with van der Waals surface area (Å²) in [6.45, 7) is 0.401. The summed E-state index contributed by atoms with van der Waals surface area (Å²) in [6, 6.07) is 7.26. The number of aliphatic hydroxyl groups is 1. The molecule has 0 bridgehead atoms. The van der Waals surface area contributed by atoms with E-state index in [-0.39, 0.29) is 25.8 Å². The second-order valence-electron chi connectivity index (χ2n) is 4.66. The maximum absolute atomic E-state index is 11.7. The van der Waals surface area contributed by atoms with E-state index in [1.807, 2.05) is 12.1 Å². The van der Waals surface area contributed by atoms with Crippen LogP contribution in [0.5, 0.6) is 11.5 Å². The number of fused-ring (bicyclic) bond motifs is 1. The number of aliphatic hydroxyl groups excluding tert-OH is 1. The number of carbonyl (C=O) groups is 2. The fourth-order valence-electron chi connectivity index (χ4n) is 1.87. The third kappa shape index (κ3) is 3.85. The summed E-state index contributed by atoms with van der Waals surface area (Å²) >= 11 is 0. The van der Waals surface area contributed by atoms with Gasteiger partial charge < -0.3 is 24.8 Å². The molecule has 1 heterocycles. The van der Waals surface area contributed by atoms with E-state index in [1.54, 1.807) is 12.1 Å². The predicted octanol–water partition coefficient (Wildman–Crippen LogP) is -0.607. The quantitative estimate of drug-likeness (QED) is 0.724. The van der Waals surface area contributed by atoms with Crippen LogP contribution in [-0.2, 0) is 9.59 Å². The van der Waals surface area contributed by atoms with E-state index in [0.717, 1.165) is 4.90 Å². The highest BCUT2D eigenvalue weighted by Crippen LogP contribution is 2.30. The molecule has 2 amide bonds. The molecule has 114 valence electrons. The van der Waals surface area contributed by atoms with Gasteiger partial charge in [0.05, 0.1) is 13.2 Å². The summed E-state index contributed by atoms with van der Waals surface area (Å²) in [6.07, 6.45) is -0.347. The first-order valence-corrected chi connectivity index (χ1v) is 6.64. The number of rotatable bonds is 4. The molecular weight excluding hydrogens is 276 g/mol. The number of hydrogen-bond donors (Lipinski definition) is 2. The molecule has 1 aromatic rings. The van der Waals surface area contributed by atoms with E-state index in [9.17, 15) is 9.59 Å². The van der Waals surface area contributed by atoms with Crippen molar-refractivity contribution in [3.05, 3.63) is 24.3 Å². The SMILES string of the molecule is CN(CCO)C(=O)C(=O)NCC1COc2ccccc2O1. The molecule has 0 aliphatic carbocycles. The number of amides is 2. The fourth-order valence-corrected chi connectivity index (χ4v) is 1.87. The third-order valence-corrected chi connectivity index (χ3v) is 3.03. The van der Waals surface area contributed by atoms with Gasteiger partial charge in [0, 0.05) is 13.6 Å². The first kappa shape index (κ1) is 15.1. The van der Waals surface area contributed by atoms with Gasteiger partial charge in [0.2, 0.25) is 0 Å². The van der Waals surface area contributed by atoms with Crippen molar-refractivity contribution >= 4 is 11.8 Å². The second kappa shape index (κ2) is 6.94. The molecule has 0 spiro atoms. The summed E-state index contributed by atoms with van der Waals surface area (Å²) in [5.41, 5.74) is 0. The van der Waals surface area contributed by atoms with Crippen molar-refractivity contribution in [1.29, 1.82) is 0 Å². The molecule has 2 rings (SSSR count). The van der Waals surface area contributed by atoms with Crippen molar-refractivity contribution in [1.82, 2.24) is 10.2 Å². The number of benzene rings is 1. The Morgan fingerprint density at radius 3 is 2.81 bits per heavy atom.